The van der Waals surface area contributed by atoms with E-state index in [9.17, 15) is 9.59 Å². The Morgan fingerprint density at radius 2 is 1.55 bits per heavy atom. The van der Waals surface area contributed by atoms with Gasteiger partial charge in [0.05, 0.1) is 25.1 Å². The lowest BCUT2D eigenvalue weighted by Gasteiger charge is -2.12. The number of hydrogen-bond donors (Lipinski definition) is 0. The van der Waals surface area contributed by atoms with Crippen LogP contribution in [0.15, 0.2) is 70.6 Å². The molecule has 6 nitrogen and oxygen atoms in total. The van der Waals surface area contributed by atoms with Crippen molar-refractivity contribution in [2.24, 2.45) is 7.05 Å². The quantitative estimate of drug-likeness (QED) is 0.207. The minimum Gasteiger partial charge on any atom is -0.493 e. The van der Waals surface area contributed by atoms with Gasteiger partial charge in [0, 0.05) is 35.0 Å². The zero-order chi connectivity index (χ0) is 23.5. The van der Waals surface area contributed by atoms with Gasteiger partial charge in [0.2, 0.25) is 0 Å². The molecular weight excluding hydrogens is 460 g/mol. The lowest BCUT2D eigenvalue weighted by molar-refractivity contribution is 0.103. The highest BCUT2D eigenvalue weighted by Crippen LogP contribution is 2.31. The Morgan fingerprint density at radius 1 is 0.970 bits per heavy atom. The molecule has 8 heteroatoms. The van der Waals surface area contributed by atoms with Gasteiger partial charge in [-0.2, -0.15) is 0 Å². The molecule has 0 radical (unpaired) electrons. The highest BCUT2D eigenvalue weighted by atomic mass is 35.5. The average molecular weight is 481 g/mol. The van der Waals surface area contributed by atoms with Gasteiger partial charge in [0.1, 0.15) is 0 Å². The smallest absolute Gasteiger partial charge is 0.261 e. The summed E-state index contributed by atoms with van der Waals surface area (Å²) < 4.78 is 12.2. The fraction of sp³-hybridized carbons (Fsp3) is 0.160. The van der Waals surface area contributed by atoms with E-state index < -0.39 is 0 Å². The van der Waals surface area contributed by atoms with Gasteiger partial charge >= 0.3 is 0 Å². The summed E-state index contributed by atoms with van der Waals surface area (Å²) in [6, 6.07) is 17.6. The van der Waals surface area contributed by atoms with E-state index in [2.05, 4.69) is 4.98 Å². The molecule has 0 aliphatic rings. The van der Waals surface area contributed by atoms with Crippen LogP contribution in [0.4, 0.5) is 0 Å². The van der Waals surface area contributed by atoms with E-state index in [1.54, 1.807) is 62.7 Å². The molecular formula is C25H21ClN2O4S. The fourth-order valence-corrected chi connectivity index (χ4v) is 4.43. The van der Waals surface area contributed by atoms with Gasteiger partial charge in [0.15, 0.2) is 22.4 Å². The van der Waals surface area contributed by atoms with Crippen LogP contribution >= 0.6 is 23.4 Å². The number of carbonyl (C=O) groups is 1. The van der Waals surface area contributed by atoms with E-state index in [1.165, 1.54) is 23.4 Å². The second kappa shape index (κ2) is 9.68. The molecule has 4 rings (SSSR count). The van der Waals surface area contributed by atoms with Gasteiger partial charge in [0.25, 0.3) is 5.56 Å². The Hall–Kier alpha value is -3.29. The standard InChI is InChI=1S/C25H21ClN2O4S/c1-28-24(30)19-12-21(31-2)22(32-3)13-20(19)27-25(28)33-14-15-4-6-16(7-5-15)23(29)17-8-10-18(26)11-9-17/h4-13H,14H2,1-3H3. The number of hydrogen-bond acceptors (Lipinski definition) is 6. The number of benzene rings is 3. The van der Waals surface area contributed by atoms with E-state index in [-0.39, 0.29) is 11.3 Å². The predicted molar refractivity (Wildman–Crippen MR) is 131 cm³/mol. The molecule has 0 bridgehead atoms. The van der Waals surface area contributed by atoms with Crippen LogP contribution in [0.3, 0.4) is 0 Å². The molecule has 4 aromatic rings. The summed E-state index contributed by atoms with van der Waals surface area (Å²) in [4.78, 5) is 30.2. The predicted octanol–water partition coefficient (Wildman–Crippen LogP) is 5.13. The van der Waals surface area contributed by atoms with Crippen molar-refractivity contribution in [1.82, 2.24) is 9.55 Å². The molecule has 0 saturated heterocycles. The second-order valence-corrected chi connectivity index (χ2v) is 8.68. The zero-order valence-electron chi connectivity index (χ0n) is 18.3. The highest BCUT2D eigenvalue weighted by Gasteiger charge is 2.14. The van der Waals surface area contributed by atoms with Crippen molar-refractivity contribution in [3.05, 3.63) is 92.7 Å². The molecule has 0 aliphatic heterocycles. The third kappa shape index (κ3) is 4.74. The number of aromatic nitrogens is 2. The van der Waals surface area contributed by atoms with Gasteiger partial charge in [-0.15, -0.1) is 0 Å². The Morgan fingerprint density at radius 3 is 2.15 bits per heavy atom. The number of nitrogens with zero attached hydrogens (tertiary/aromatic N) is 2. The number of ether oxygens (including phenoxy) is 2. The van der Waals surface area contributed by atoms with Crippen LogP contribution in [0.1, 0.15) is 21.5 Å². The molecule has 0 unspecified atom stereocenters. The Kier molecular flexibility index (Phi) is 6.72. The summed E-state index contributed by atoms with van der Waals surface area (Å²) >= 11 is 7.34. The molecule has 0 amide bonds. The van der Waals surface area contributed by atoms with Crippen LogP contribution in [0.2, 0.25) is 5.02 Å². The maximum atomic E-state index is 12.9. The number of halogens is 1. The van der Waals surface area contributed by atoms with E-state index in [0.29, 0.717) is 49.5 Å². The van der Waals surface area contributed by atoms with Gasteiger partial charge in [-0.25, -0.2) is 4.98 Å². The molecule has 33 heavy (non-hydrogen) atoms. The van der Waals surface area contributed by atoms with Crippen molar-refractivity contribution in [2.75, 3.05) is 14.2 Å². The number of carbonyl (C=O) groups excluding carboxylic acids is 1. The first-order valence-corrected chi connectivity index (χ1v) is 11.4. The summed E-state index contributed by atoms with van der Waals surface area (Å²) in [7, 11) is 4.77. The topological polar surface area (TPSA) is 70.4 Å². The summed E-state index contributed by atoms with van der Waals surface area (Å²) in [6.07, 6.45) is 0. The number of rotatable bonds is 7. The average Bonchev–Trinajstić information content (AvgIpc) is 2.85. The van der Waals surface area contributed by atoms with E-state index in [4.69, 9.17) is 21.1 Å². The normalized spacial score (nSPS) is 10.9. The summed E-state index contributed by atoms with van der Waals surface area (Å²) in [6.45, 7) is 0. The largest absolute Gasteiger partial charge is 0.493 e. The Balaban J connectivity index is 1.54. The summed E-state index contributed by atoms with van der Waals surface area (Å²) in [5.41, 5.74) is 2.58. The monoisotopic (exact) mass is 480 g/mol. The first-order valence-electron chi connectivity index (χ1n) is 10.1. The Labute approximate surface area is 200 Å². The number of thioether (sulfide) groups is 1. The number of ketones is 1. The van der Waals surface area contributed by atoms with Gasteiger partial charge in [-0.3, -0.25) is 14.2 Å². The third-order valence-corrected chi connectivity index (χ3v) is 6.58. The van der Waals surface area contributed by atoms with E-state index in [0.717, 1.165) is 5.56 Å². The van der Waals surface area contributed by atoms with Crippen LogP contribution in [0, 0.1) is 0 Å². The molecule has 0 saturated carbocycles. The minimum atomic E-state index is -0.160. The van der Waals surface area contributed by atoms with Crippen LogP contribution in [-0.2, 0) is 12.8 Å². The van der Waals surface area contributed by atoms with Crippen LogP contribution < -0.4 is 15.0 Å². The van der Waals surface area contributed by atoms with Crippen LogP contribution in [-0.4, -0.2) is 29.6 Å². The maximum absolute atomic E-state index is 12.9. The third-order valence-electron chi connectivity index (χ3n) is 5.23. The zero-order valence-corrected chi connectivity index (χ0v) is 19.9. The van der Waals surface area contributed by atoms with Gasteiger partial charge < -0.3 is 9.47 Å². The molecule has 1 heterocycles. The second-order valence-electron chi connectivity index (χ2n) is 7.30. The molecule has 0 spiro atoms. The maximum Gasteiger partial charge on any atom is 0.261 e. The molecule has 0 aliphatic carbocycles. The van der Waals surface area contributed by atoms with E-state index in [1.807, 2.05) is 12.1 Å². The molecule has 3 aromatic carbocycles. The van der Waals surface area contributed by atoms with Crippen molar-refractivity contribution >= 4 is 40.0 Å². The van der Waals surface area contributed by atoms with Crippen molar-refractivity contribution < 1.29 is 14.3 Å². The molecule has 168 valence electrons. The van der Waals surface area contributed by atoms with Crippen LogP contribution in [0.5, 0.6) is 11.5 Å². The molecule has 0 atom stereocenters. The van der Waals surface area contributed by atoms with Crippen LogP contribution in [0.25, 0.3) is 10.9 Å². The summed E-state index contributed by atoms with van der Waals surface area (Å²) in [5.74, 6) is 1.53. The Bertz CT molecular complexity index is 1380. The molecule has 1 aromatic heterocycles. The first kappa shape index (κ1) is 22.9. The van der Waals surface area contributed by atoms with Crippen molar-refractivity contribution in [3.63, 3.8) is 0 Å². The van der Waals surface area contributed by atoms with Crippen molar-refractivity contribution in [1.29, 1.82) is 0 Å². The fourth-order valence-electron chi connectivity index (χ4n) is 3.37. The first-order chi connectivity index (χ1) is 15.9. The molecule has 0 N–H and O–H groups in total. The lowest BCUT2D eigenvalue weighted by Crippen LogP contribution is -2.20. The van der Waals surface area contributed by atoms with Crippen molar-refractivity contribution in [2.45, 2.75) is 10.9 Å². The van der Waals surface area contributed by atoms with Crippen molar-refractivity contribution in [3.8, 4) is 11.5 Å². The number of methoxy groups -OCH3 is 2. The molecule has 0 fully saturated rings. The lowest BCUT2D eigenvalue weighted by atomic mass is 10.0. The van der Waals surface area contributed by atoms with Gasteiger partial charge in [-0.1, -0.05) is 47.6 Å². The summed E-state index contributed by atoms with van der Waals surface area (Å²) in [5, 5.41) is 1.64. The minimum absolute atomic E-state index is 0.0613. The highest BCUT2D eigenvalue weighted by molar-refractivity contribution is 7.98. The SMILES string of the molecule is COc1cc2nc(SCc3ccc(C(=O)c4ccc(Cl)cc4)cc3)n(C)c(=O)c2cc1OC. The van der Waals surface area contributed by atoms with E-state index >= 15 is 0 Å². The number of fused-ring (bicyclic) bond motifs is 1. The van der Waals surface area contributed by atoms with Gasteiger partial charge in [-0.05, 0) is 35.9 Å².